The smallest absolute Gasteiger partial charge is 0.261 e. The maximum Gasteiger partial charge on any atom is 0.261 e. The van der Waals surface area contributed by atoms with Crippen LogP contribution in [0.25, 0.3) is 10.2 Å². The fourth-order valence-electron chi connectivity index (χ4n) is 3.46. The molecule has 0 unspecified atom stereocenters. The largest absolute Gasteiger partial charge is 0.379 e. The van der Waals surface area contributed by atoms with E-state index in [4.69, 9.17) is 4.74 Å². The number of hydrogen-bond acceptors (Lipinski definition) is 5. The molecule has 1 N–H and O–H groups in total. The SMILES string of the molecule is Cc1nn(C)c2sc(C(=O)NCc3ccccc3CN3CCOCC3)cc12. The van der Waals surface area contributed by atoms with E-state index in [9.17, 15) is 4.79 Å². The summed E-state index contributed by atoms with van der Waals surface area (Å²) >= 11 is 1.49. The Morgan fingerprint density at radius 2 is 2.00 bits per heavy atom. The highest BCUT2D eigenvalue weighted by Crippen LogP contribution is 2.27. The van der Waals surface area contributed by atoms with Crippen LogP contribution >= 0.6 is 11.3 Å². The van der Waals surface area contributed by atoms with Gasteiger partial charge in [0.25, 0.3) is 5.91 Å². The van der Waals surface area contributed by atoms with E-state index in [1.165, 1.54) is 16.9 Å². The van der Waals surface area contributed by atoms with E-state index >= 15 is 0 Å². The molecule has 2 aromatic heterocycles. The molecule has 27 heavy (non-hydrogen) atoms. The first-order valence-electron chi connectivity index (χ1n) is 9.20. The molecule has 0 saturated carbocycles. The lowest BCUT2D eigenvalue weighted by atomic mass is 10.1. The van der Waals surface area contributed by atoms with Crippen LogP contribution < -0.4 is 5.32 Å². The van der Waals surface area contributed by atoms with Gasteiger partial charge in [0.2, 0.25) is 0 Å². The monoisotopic (exact) mass is 384 g/mol. The fourth-order valence-corrected chi connectivity index (χ4v) is 4.50. The van der Waals surface area contributed by atoms with Crippen molar-refractivity contribution in [3.05, 3.63) is 52.0 Å². The molecule has 1 fully saturated rings. The molecule has 0 radical (unpaired) electrons. The molecule has 1 amide bonds. The van der Waals surface area contributed by atoms with Crippen molar-refractivity contribution in [1.29, 1.82) is 0 Å². The predicted molar refractivity (Wildman–Crippen MR) is 107 cm³/mol. The first-order chi connectivity index (χ1) is 13.1. The Hall–Kier alpha value is -2.22. The van der Waals surface area contributed by atoms with Gasteiger partial charge in [-0.05, 0) is 24.1 Å². The Labute approximate surface area is 162 Å². The van der Waals surface area contributed by atoms with Crippen LogP contribution in [0.5, 0.6) is 0 Å². The number of carbonyl (C=O) groups excluding carboxylic acids is 1. The molecule has 4 rings (SSSR count). The summed E-state index contributed by atoms with van der Waals surface area (Å²) in [6, 6.07) is 10.3. The van der Waals surface area contributed by atoms with Gasteiger partial charge in [-0.2, -0.15) is 5.10 Å². The minimum absolute atomic E-state index is 0.0308. The molecule has 1 aliphatic heterocycles. The average Bonchev–Trinajstić information content (AvgIpc) is 3.23. The molecule has 142 valence electrons. The Balaban J connectivity index is 1.44. The summed E-state index contributed by atoms with van der Waals surface area (Å²) in [5, 5.41) is 8.53. The van der Waals surface area contributed by atoms with Crippen molar-refractivity contribution in [1.82, 2.24) is 20.0 Å². The van der Waals surface area contributed by atoms with Gasteiger partial charge in [-0.15, -0.1) is 11.3 Å². The van der Waals surface area contributed by atoms with Gasteiger partial charge < -0.3 is 10.1 Å². The van der Waals surface area contributed by atoms with Crippen molar-refractivity contribution in [2.45, 2.75) is 20.0 Å². The first kappa shape index (κ1) is 18.2. The van der Waals surface area contributed by atoms with Crippen LogP contribution in [-0.4, -0.2) is 46.9 Å². The number of nitrogens with zero attached hydrogens (tertiary/aromatic N) is 3. The van der Waals surface area contributed by atoms with Crippen molar-refractivity contribution in [3.8, 4) is 0 Å². The maximum atomic E-state index is 12.7. The Kier molecular flexibility index (Phi) is 5.24. The summed E-state index contributed by atoms with van der Waals surface area (Å²) in [6.45, 7) is 6.89. The van der Waals surface area contributed by atoms with Gasteiger partial charge in [0, 0.05) is 38.6 Å². The second-order valence-electron chi connectivity index (χ2n) is 6.88. The average molecular weight is 385 g/mol. The topological polar surface area (TPSA) is 59.4 Å². The molecule has 1 aliphatic rings. The number of aromatic nitrogens is 2. The molecular formula is C20H24N4O2S. The lowest BCUT2D eigenvalue weighted by molar-refractivity contribution is 0.0340. The van der Waals surface area contributed by atoms with E-state index in [1.54, 1.807) is 0 Å². The number of fused-ring (bicyclic) bond motifs is 1. The summed E-state index contributed by atoms with van der Waals surface area (Å²) < 4.78 is 7.26. The molecule has 1 aromatic carbocycles. The molecular weight excluding hydrogens is 360 g/mol. The molecule has 0 aliphatic carbocycles. The molecule has 3 aromatic rings. The van der Waals surface area contributed by atoms with E-state index in [2.05, 4.69) is 33.5 Å². The first-order valence-corrected chi connectivity index (χ1v) is 10.0. The van der Waals surface area contributed by atoms with Gasteiger partial charge >= 0.3 is 0 Å². The van der Waals surface area contributed by atoms with Crippen molar-refractivity contribution in [2.24, 2.45) is 7.05 Å². The zero-order chi connectivity index (χ0) is 18.8. The molecule has 0 atom stereocenters. The molecule has 7 heteroatoms. The van der Waals surface area contributed by atoms with E-state index in [1.807, 2.05) is 30.8 Å². The quantitative estimate of drug-likeness (QED) is 0.735. The molecule has 6 nitrogen and oxygen atoms in total. The molecule has 0 spiro atoms. The van der Waals surface area contributed by atoms with Crippen LogP contribution in [0.15, 0.2) is 30.3 Å². The fraction of sp³-hybridized carbons (Fsp3) is 0.400. The van der Waals surface area contributed by atoms with Gasteiger partial charge in [0.05, 0.1) is 23.8 Å². The zero-order valence-electron chi connectivity index (χ0n) is 15.7. The lowest BCUT2D eigenvalue weighted by Gasteiger charge is -2.27. The predicted octanol–water partition coefficient (Wildman–Crippen LogP) is 2.71. The lowest BCUT2D eigenvalue weighted by Crippen LogP contribution is -2.36. The number of hydrogen-bond donors (Lipinski definition) is 1. The number of aryl methyl sites for hydroxylation is 2. The summed E-state index contributed by atoms with van der Waals surface area (Å²) in [7, 11) is 1.91. The number of thiophene rings is 1. The van der Waals surface area contributed by atoms with Crippen molar-refractivity contribution >= 4 is 27.5 Å². The van der Waals surface area contributed by atoms with Crippen LogP contribution in [0, 0.1) is 6.92 Å². The number of rotatable bonds is 5. The maximum absolute atomic E-state index is 12.7. The van der Waals surface area contributed by atoms with Gasteiger partial charge in [-0.3, -0.25) is 14.4 Å². The Morgan fingerprint density at radius 3 is 2.74 bits per heavy atom. The normalized spacial score (nSPS) is 15.3. The standard InChI is InChI=1S/C20H24N4O2S/c1-14-17-11-18(27-20(17)23(2)22-14)19(25)21-12-15-5-3-4-6-16(15)13-24-7-9-26-10-8-24/h3-6,11H,7-10,12-13H2,1-2H3,(H,21,25). The van der Waals surface area contributed by atoms with Crippen LogP contribution in [-0.2, 0) is 24.9 Å². The number of carbonyl (C=O) groups is 1. The number of amides is 1. The van der Waals surface area contributed by atoms with Gasteiger partial charge in [0.1, 0.15) is 4.83 Å². The second-order valence-corrected chi connectivity index (χ2v) is 7.91. The van der Waals surface area contributed by atoms with E-state index in [0.717, 1.165) is 59.2 Å². The number of ether oxygens (including phenoxy) is 1. The third kappa shape index (κ3) is 3.90. The van der Waals surface area contributed by atoms with E-state index < -0.39 is 0 Å². The number of nitrogens with one attached hydrogen (secondary N) is 1. The number of morpholine rings is 1. The van der Waals surface area contributed by atoms with E-state index in [-0.39, 0.29) is 5.91 Å². The number of benzene rings is 1. The minimum atomic E-state index is -0.0308. The van der Waals surface area contributed by atoms with Gasteiger partial charge in [0.15, 0.2) is 0 Å². The van der Waals surface area contributed by atoms with Gasteiger partial charge in [-0.1, -0.05) is 24.3 Å². The van der Waals surface area contributed by atoms with Crippen molar-refractivity contribution in [2.75, 3.05) is 26.3 Å². The zero-order valence-corrected chi connectivity index (χ0v) is 16.5. The summed E-state index contributed by atoms with van der Waals surface area (Å²) in [4.78, 5) is 16.8. The molecule has 1 saturated heterocycles. The van der Waals surface area contributed by atoms with Crippen molar-refractivity contribution in [3.63, 3.8) is 0 Å². The molecule has 0 bridgehead atoms. The highest BCUT2D eigenvalue weighted by atomic mass is 32.1. The Bertz CT molecular complexity index is 922. The minimum Gasteiger partial charge on any atom is -0.379 e. The van der Waals surface area contributed by atoms with Crippen LogP contribution in [0.3, 0.4) is 0 Å². The Morgan fingerprint density at radius 1 is 1.26 bits per heavy atom. The van der Waals surface area contributed by atoms with Gasteiger partial charge in [-0.25, -0.2) is 0 Å². The summed E-state index contributed by atoms with van der Waals surface area (Å²) in [5.41, 5.74) is 3.38. The highest BCUT2D eigenvalue weighted by molar-refractivity contribution is 7.20. The third-order valence-electron chi connectivity index (χ3n) is 4.98. The summed E-state index contributed by atoms with van der Waals surface area (Å²) in [6.07, 6.45) is 0. The highest BCUT2D eigenvalue weighted by Gasteiger charge is 2.16. The molecule has 3 heterocycles. The van der Waals surface area contributed by atoms with E-state index in [0.29, 0.717) is 6.54 Å². The van der Waals surface area contributed by atoms with Crippen LogP contribution in [0.4, 0.5) is 0 Å². The third-order valence-corrected chi connectivity index (χ3v) is 6.18. The van der Waals surface area contributed by atoms with Crippen LogP contribution in [0.1, 0.15) is 26.5 Å². The van der Waals surface area contributed by atoms with Crippen molar-refractivity contribution < 1.29 is 9.53 Å². The second kappa shape index (κ2) is 7.80. The van der Waals surface area contributed by atoms with Crippen LogP contribution in [0.2, 0.25) is 0 Å². The summed E-state index contributed by atoms with van der Waals surface area (Å²) in [5.74, 6) is -0.0308.